The zero-order valence-electron chi connectivity index (χ0n) is 21.4. The molecule has 0 unspecified atom stereocenters. The van der Waals surface area contributed by atoms with Crippen LogP contribution < -0.4 is 14.4 Å². The fraction of sp³-hybridized carbons (Fsp3) is 0.417. The summed E-state index contributed by atoms with van der Waals surface area (Å²) in [5.41, 5.74) is -0.0230. The molecule has 2 aromatic carbocycles. The molecule has 0 bridgehead atoms. The number of nitro groups is 1. The number of amides is 2. The predicted octanol–water partition coefficient (Wildman–Crippen LogP) is 4.01. The molecule has 1 N–H and O–H groups in total. The number of benzene rings is 2. The predicted molar refractivity (Wildman–Crippen MR) is 146 cm³/mol. The molecule has 0 saturated heterocycles. The number of rotatable bonds is 13. The molecule has 14 heteroatoms. The summed E-state index contributed by atoms with van der Waals surface area (Å²) in [6.07, 6.45) is 2.46. The number of anilines is 1. The van der Waals surface area contributed by atoms with Crippen molar-refractivity contribution in [2.75, 3.05) is 30.8 Å². The first-order valence-electron chi connectivity index (χ1n) is 11.6. The van der Waals surface area contributed by atoms with Crippen LogP contribution in [0.2, 0.25) is 10.0 Å². The van der Waals surface area contributed by atoms with E-state index in [1.165, 1.54) is 25.0 Å². The summed E-state index contributed by atoms with van der Waals surface area (Å²) in [5.74, 6) is -1.14. The van der Waals surface area contributed by atoms with Crippen molar-refractivity contribution in [2.45, 2.75) is 39.3 Å². The minimum Gasteiger partial charge on any atom is -0.495 e. The average Bonchev–Trinajstić information content (AvgIpc) is 2.86. The Balaban J connectivity index is 2.50. The van der Waals surface area contributed by atoms with E-state index in [0.717, 1.165) is 31.2 Å². The second-order valence-corrected chi connectivity index (χ2v) is 11.2. The Kier molecular flexibility index (Phi) is 11.2. The summed E-state index contributed by atoms with van der Waals surface area (Å²) in [6, 6.07) is 7.15. The number of nitrogens with zero attached hydrogens (tertiary/aromatic N) is 3. The lowest BCUT2D eigenvalue weighted by atomic mass is 10.1. The molecule has 0 radical (unpaired) electrons. The van der Waals surface area contributed by atoms with Crippen molar-refractivity contribution in [1.82, 2.24) is 10.2 Å². The minimum atomic E-state index is -4.13. The van der Waals surface area contributed by atoms with Crippen LogP contribution >= 0.6 is 23.2 Å². The van der Waals surface area contributed by atoms with Crippen LogP contribution in [0.5, 0.6) is 5.75 Å². The summed E-state index contributed by atoms with van der Waals surface area (Å²) in [5, 5.41) is 14.7. The second kappa shape index (κ2) is 13.6. The van der Waals surface area contributed by atoms with Crippen molar-refractivity contribution < 1.29 is 27.7 Å². The molecular weight excluding hydrogens is 559 g/mol. The van der Waals surface area contributed by atoms with Gasteiger partial charge in [-0.1, -0.05) is 42.6 Å². The minimum absolute atomic E-state index is 0.00946. The lowest BCUT2D eigenvalue weighted by Crippen LogP contribution is -2.51. The number of unbranched alkanes of at least 4 members (excludes halogenated alkanes) is 1. The van der Waals surface area contributed by atoms with Crippen molar-refractivity contribution in [1.29, 1.82) is 0 Å². The van der Waals surface area contributed by atoms with Gasteiger partial charge in [-0.2, -0.15) is 0 Å². The van der Waals surface area contributed by atoms with Crippen molar-refractivity contribution in [3.8, 4) is 5.75 Å². The molecule has 0 aliphatic carbocycles. The molecule has 2 rings (SSSR count). The van der Waals surface area contributed by atoms with E-state index in [-0.39, 0.29) is 23.0 Å². The highest BCUT2D eigenvalue weighted by Crippen LogP contribution is 2.34. The van der Waals surface area contributed by atoms with Gasteiger partial charge in [0.1, 0.15) is 24.0 Å². The topological polar surface area (TPSA) is 139 Å². The number of hydrogen-bond donors (Lipinski definition) is 1. The SMILES string of the molecule is CCCCNC(=O)[C@H](C)N(Cc1ccc(Cl)c(Cl)c1)C(=O)CN(c1cc([N+](=O)[O-])ccc1OC)S(C)(=O)=O. The van der Waals surface area contributed by atoms with Gasteiger partial charge in [0, 0.05) is 25.2 Å². The highest BCUT2D eigenvalue weighted by atomic mass is 35.5. The molecule has 208 valence electrons. The zero-order chi connectivity index (χ0) is 28.6. The normalized spacial score (nSPS) is 11.9. The van der Waals surface area contributed by atoms with Gasteiger partial charge in [-0.25, -0.2) is 8.42 Å². The number of methoxy groups -OCH3 is 1. The Morgan fingerprint density at radius 3 is 2.39 bits per heavy atom. The summed E-state index contributed by atoms with van der Waals surface area (Å²) >= 11 is 12.1. The van der Waals surface area contributed by atoms with Gasteiger partial charge in [0.05, 0.1) is 28.3 Å². The van der Waals surface area contributed by atoms with Gasteiger partial charge in [0.25, 0.3) is 5.69 Å². The third-order valence-corrected chi connectivity index (χ3v) is 7.52. The summed E-state index contributed by atoms with van der Waals surface area (Å²) in [4.78, 5) is 38.4. The maximum atomic E-state index is 13.6. The summed E-state index contributed by atoms with van der Waals surface area (Å²) < 4.78 is 31.5. The van der Waals surface area contributed by atoms with Crippen LogP contribution in [0, 0.1) is 10.1 Å². The molecule has 11 nitrogen and oxygen atoms in total. The third kappa shape index (κ3) is 8.20. The fourth-order valence-electron chi connectivity index (χ4n) is 3.53. The lowest BCUT2D eigenvalue weighted by molar-refractivity contribution is -0.384. The number of ether oxygens (including phenoxy) is 1. The van der Waals surface area contributed by atoms with Crippen molar-refractivity contribution >= 4 is 56.4 Å². The fourth-order valence-corrected chi connectivity index (χ4v) is 4.70. The van der Waals surface area contributed by atoms with Gasteiger partial charge >= 0.3 is 0 Å². The Labute approximate surface area is 231 Å². The van der Waals surface area contributed by atoms with Crippen LogP contribution in [0.15, 0.2) is 36.4 Å². The molecule has 0 fully saturated rings. The van der Waals surface area contributed by atoms with Gasteiger partial charge in [-0.3, -0.25) is 24.0 Å². The Hall–Kier alpha value is -3.09. The average molecular weight is 589 g/mol. The molecular formula is C24H30Cl2N4O7S. The molecule has 1 atom stereocenters. The first-order valence-corrected chi connectivity index (χ1v) is 14.2. The number of nitrogens with one attached hydrogen (secondary N) is 1. The maximum Gasteiger partial charge on any atom is 0.271 e. The van der Waals surface area contributed by atoms with Gasteiger partial charge in [-0.15, -0.1) is 0 Å². The number of non-ortho nitro benzene ring substituents is 1. The van der Waals surface area contributed by atoms with E-state index in [2.05, 4.69) is 5.32 Å². The van der Waals surface area contributed by atoms with Crippen molar-refractivity contribution in [3.05, 3.63) is 62.1 Å². The summed E-state index contributed by atoms with van der Waals surface area (Å²) in [7, 11) is -2.86. The van der Waals surface area contributed by atoms with E-state index in [1.807, 2.05) is 6.92 Å². The van der Waals surface area contributed by atoms with Gasteiger partial charge < -0.3 is 15.0 Å². The number of nitro benzene ring substituents is 1. The van der Waals surface area contributed by atoms with Crippen LogP contribution in [-0.4, -0.2) is 62.6 Å². The van der Waals surface area contributed by atoms with E-state index in [9.17, 15) is 28.1 Å². The molecule has 0 aliphatic rings. The molecule has 2 amide bonds. The van der Waals surface area contributed by atoms with Crippen molar-refractivity contribution in [2.24, 2.45) is 0 Å². The van der Waals surface area contributed by atoms with Crippen molar-refractivity contribution in [3.63, 3.8) is 0 Å². The van der Waals surface area contributed by atoms with Crippen LogP contribution in [-0.2, 0) is 26.2 Å². The quantitative estimate of drug-likeness (QED) is 0.212. The van der Waals surface area contributed by atoms with E-state index >= 15 is 0 Å². The lowest BCUT2D eigenvalue weighted by Gasteiger charge is -2.31. The van der Waals surface area contributed by atoms with Crippen LogP contribution in [0.25, 0.3) is 0 Å². The third-order valence-electron chi connectivity index (χ3n) is 5.65. The Bertz CT molecular complexity index is 1290. The van der Waals surface area contributed by atoms with Crippen LogP contribution in [0.1, 0.15) is 32.3 Å². The molecule has 0 heterocycles. The van der Waals surface area contributed by atoms with Gasteiger partial charge in [0.2, 0.25) is 21.8 Å². The number of hydrogen-bond acceptors (Lipinski definition) is 7. The van der Waals surface area contributed by atoms with Gasteiger partial charge in [0.15, 0.2) is 0 Å². The second-order valence-electron chi connectivity index (χ2n) is 8.47. The van der Waals surface area contributed by atoms with E-state index in [4.69, 9.17) is 27.9 Å². The Morgan fingerprint density at radius 2 is 1.84 bits per heavy atom. The number of carbonyl (C=O) groups excluding carboxylic acids is 2. The maximum absolute atomic E-state index is 13.6. The largest absolute Gasteiger partial charge is 0.495 e. The first kappa shape index (κ1) is 31.1. The van der Waals surface area contributed by atoms with E-state index < -0.39 is 45.0 Å². The van der Waals surface area contributed by atoms with Crippen LogP contribution in [0.3, 0.4) is 0 Å². The number of sulfonamides is 1. The first-order chi connectivity index (χ1) is 17.8. The molecule has 38 heavy (non-hydrogen) atoms. The Morgan fingerprint density at radius 1 is 1.16 bits per heavy atom. The molecule has 2 aromatic rings. The zero-order valence-corrected chi connectivity index (χ0v) is 23.8. The highest BCUT2D eigenvalue weighted by molar-refractivity contribution is 7.92. The van der Waals surface area contributed by atoms with Gasteiger partial charge in [-0.05, 0) is 37.1 Å². The summed E-state index contributed by atoms with van der Waals surface area (Å²) in [6.45, 7) is 3.08. The molecule has 0 spiro atoms. The number of halogens is 2. The smallest absolute Gasteiger partial charge is 0.271 e. The molecule has 0 saturated carbocycles. The molecule has 0 aromatic heterocycles. The molecule has 0 aliphatic heterocycles. The number of carbonyl (C=O) groups is 2. The van der Waals surface area contributed by atoms with Crippen LogP contribution in [0.4, 0.5) is 11.4 Å². The highest BCUT2D eigenvalue weighted by Gasteiger charge is 2.32. The monoisotopic (exact) mass is 588 g/mol. The van der Waals surface area contributed by atoms with E-state index in [1.54, 1.807) is 18.2 Å². The van der Waals surface area contributed by atoms with E-state index in [0.29, 0.717) is 21.4 Å². The standard InChI is InChI=1S/C24H30Cl2N4O7S/c1-5-6-11-27-24(32)16(2)28(14-17-7-9-19(25)20(26)12-17)23(31)15-29(38(4,35)36)21-13-18(30(33)34)8-10-22(21)37-3/h7-10,12-13,16H,5-6,11,14-15H2,1-4H3,(H,27,32)/t16-/m0/s1.